The van der Waals surface area contributed by atoms with Crippen molar-refractivity contribution in [1.29, 1.82) is 0 Å². The summed E-state index contributed by atoms with van der Waals surface area (Å²) < 4.78 is 1.12. The van der Waals surface area contributed by atoms with E-state index in [1.807, 2.05) is 48.0 Å². The molecule has 0 saturated heterocycles. The fourth-order valence-electron chi connectivity index (χ4n) is 1.46. The Hall–Kier alpha value is -1.52. The van der Waals surface area contributed by atoms with E-state index in [2.05, 4.69) is 5.32 Å². The molecule has 92 valence electrons. The standard InChI is InChI=1S/C14H13NOS2/c1-17-14-12(9-10-18-14)15-13(16)8-7-11-5-3-2-4-6-11/h2-10H,1H3,(H,15,16)/b8-7+. The Balaban J connectivity index is 1.99. The molecule has 2 aromatic rings. The number of hydrogen-bond acceptors (Lipinski definition) is 3. The van der Waals surface area contributed by atoms with Crippen LogP contribution in [-0.4, -0.2) is 12.2 Å². The van der Waals surface area contributed by atoms with Crippen LogP contribution >= 0.6 is 23.1 Å². The number of carbonyl (C=O) groups is 1. The normalized spacial score (nSPS) is 10.7. The second-order valence-electron chi connectivity index (χ2n) is 3.56. The summed E-state index contributed by atoms with van der Waals surface area (Å²) >= 11 is 3.27. The van der Waals surface area contributed by atoms with E-state index in [1.165, 1.54) is 0 Å². The number of benzene rings is 1. The topological polar surface area (TPSA) is 29.1 Å². The zero-order valence-corrected chi connectivity index (χ0v) is 11.6. The molecule has 0 spiro atoms. The Labute approximate surface area is 115 Å². The molecular weight excluding hydrogens is 262 g/mol. The van der Waals surface area contributed by atoms with Crippen LogP contribution in [0.5, 0.6) is 0 Å². The third-order valence-electron chi connectivity index (χ3n) is 2.30. The Bertz CT molecular complexity index is 546. The van der Waals surface area contributed by atoms with Crippen LogP contribution in [0, 0.1) is 0 Å². The van der Waals surface area contributed by atoms with Crippen molar-refractivity contribution in [3.8, 4) is 0 Å². The van der Waals surface area contributed by atoms with Crippen molar-refractivity contribution >= 4 is 40.8 Å². The van der Waals surface area contributed by atoms with Gasteiger partial charge in [-0.2, -0.15) is 0 Å². The molecule has 0 aliphatic rings. The van der Waals surface area contributed by atoms with Crippen molar-refractivity contribution in [2.75, 3.05) is 11.6 Å². The summed E-state index contributed by atoms with van der Waals surface area (Å²) in [6.07, 6.45) is 5.36. The van der Waals surface area contributed by atoms with Crippen LogP contribution in [0.15, 0.2) is 52.1 Å². The first-order valence-corrected chi connectivity index (χ1v) is 7.55. The number of thiophene rings is 1. The van der Waals surface area contributed by atoms with Crippen molar-refractivity contribution in [2.24, 2.45) is 0 Å². The van der Waals surface area contributed by atoms with Gasteiger partial charge in [-0.1, -0.05) is 30.3 Å². The van der Waals surface area contributed by atoms with Crippen LogP contribution in [0.4, 0.5) is 5.69 Å². The van der Waals surface area contributed by atoms with Gasteiger partial charge in [0.05, 0.1) is 9.90 Å². The van der Waals surface area contributed by atoms with Gasteiger partial charge in [-0.3, -0.25) is 4.79 Å². The van der Waals surface area contributed by atoms with E-state index in [0.717, 1.165) is 15.5 Å². The molecule has 0 aliphatic heterocycles. The van der Waals surface area contributed by atoms with Gasteiger partial charge in [0.15, 0.2) is 0 Å². The molecule has 0 saturated carbocycles. The van der Waals surface area contributed by atoms with E-state index in [1.54, 1.807) is 35.3 Å². The summed E-state index contributed by atoms with van der Waals surface area (Å²) in [5.74, 6) is -0.104. The molecule has 1 heterocycles. The van der Waals surface area contributed by atoms with E-state index in [4.69, 9.17) is 0 Å². The first-order chi connectivity index (χ1) is 8.79. The van der Waals surface area contributed by atoms with Gasteiger partial charge in [0.25, 0.3) is 0 Å². The van der Waals surface area contributed by atoms with E-state index in [9.17, 15) is 4.79 Å². The molecule has 1 aromatic carbocycles. The molecule has 4 heteroatoms. The fourth-order valence-corrected chi connectivity index (χ4v) is 2.92. The van der Waals surface area contributed by atoms with Gasteiger partial charge in [0, 0.05) is 6.08 Å². The first kappa shape index (κ1) is 12.9. The minimum atomic E-state index is -0.104. The van der Waals surface area contributed by atoms with Crippen LogP contribution < -0.4 is 5.32 Å². The third kappa shape index (κ3) is 3.48. The number of rotatable bonds is 4. The summed E-state index contributed by atoms with van der Waals surface area (Å²) in [4.78, 5) is 11.7. The minimum absolute atomic E-state index is 0.104. The van der Waals surface area contributed by atoms with Crippen LogP contribution in [0.1, 0.15) is 5.56 Å². The molecule has 2 nitrogen and oxygen atoms in total. The monoisotopic (exact) mass is 275 g/mol. The molecule has 0 atom stereocenters. The lowest BCUT2D eigenvalue weighted by atomic mass is 10.2. The highest BCUT2D eigenvalue weighted by atomic mass is 32.2. The van der Waals surface area contributed by atoms with Gasteiger partial charge < -0.3 is 5.32 Å². The average Bonchev–Trinajstić information content (AvgIpc) is 2.85. The first-order valence-electron chi connectivity index (χ1n) is 5.45. The highest BCUT2D eigenvalue weighted by Crippen LogP contribution is 2.30. The Kier molecular flexibility index (Phi) is 4.61. The summed E-state index contributed by atoms with van der Waals surface area (Å²) in [5, 5.41) is 4.85. The highest BCUT2D eigenvalue weighted by molar-refractivity contribution is 8.00. The minimum Gasteiger partial charge on any atom is -0.321 e. The maximum Gasteiger partial charge on any atom is 0.248 e. The second kappa shape index (κ2) is 6.42. The van der Waals surface area contributed by atoms with Crippen LogP contribution in [-0.2, 0) is 4.79 Å². The van der Waals surface area contributed by atoms with Crippen molar-refractivity contribution in [2.45, 2.75) is 4.21 Å². The van der Waals surface area contributed by atoms with Gasteiger partial charge in [-0.25, -0.2) is 0 Å². The van der Waals surface area contributed by atoms with E-state index < -0.39 is 0 Å². The lowest BCUT2D eigenvalue weighted by Gasteiger charge is -2.01. The molecule has 18 heavy (non-hydrogen) atoms. The summed E-state index contributed by atoms with van der Waals surface area (Å²) in [5.41, 5.74) is 1.90. The van der Waals surface area contributed by atoms with Crippen LogP contribution in [0.2, 0.25) is 0 Å². The second-order valence-corrected chi connectivity index (χ2v) is 5.55. The molecule has 2 rings (SSSR count). The van der Waals surface area contributed by atoms with E-state index >= 15 is 0 Å². The molecule has 0 fully saturated rings. The van der Waals surface area contributed by atoms with Crippen LogP contribution in [0.25, 0.3) is 6.08 Å². The third-order valence-corrected chi connectivity index (χ3v) is 4.39. The van der Waals surface area contributed by atoms with Gasteiger partial charge in [-0.15, -0.1) is 23.1 Å². The maximum atomic E-state index is 11.7. The predicted octanol–water partition coefficient (Wildman–Crippen LogP) is 4.12. The Morgan fingerprint density at radius 1 is 1.28 bits per heavy atom. The summed E-state index contributed by atoms with van der Waals surface area (Å²) in [6, 6.07) is 11.7. The van der Waals surface area contributed by atoms with E-state index in [-0.39, 0.29) is 5.91 Å². The number of thioether (sulfide) groups is 1. The number of nitrogens with one attached hydrogen (secondary N) is 1. The summed E-state index contributed by atoms with van der Waals surface area (Å²) in [7, 11) is 0. The zero-order chi connectivity index (χ0) is 12.8. The quantitative estimate of drug-likeness (QED) is 0.671. The van der Waals surface area contributed by atoms with Crippen molar-refractivity contribution in [3.63, 3.8) is 0 Å². The average molecular weight is 275 g/mol. The number of amides is 1. The molecule has 0 bridgehead atoms. The molecule has 0 unspecified atom stereocenters. The van der Waals surface area contributed by atoms with E-state index in [0.29, 0.717) is 0 Å². The smallest absolute Gasteiger partial charge is 0.248 e. The van der Waals surface area contributed by atoms with Crippen molar-refractivity contribution < 1.29 is 4.79 Å². The zero-order valence-electron chi connectivity index (χ0n) is 9.92. The number of hydrogen-bond donors (Lipinski definition) is 1. The Morgan fingerprint density at radius 3 is 2.78 bits per heavy atom. The molecule has 0 aliphatic carbocycles. The Morgan fingerprint density at radius 2 is 2.06 bits per heavy atom. The molecule has 1 N–H and O–H groups in total. The van der Waals surface area contributed by atoms with Gasteiger partial charge in [0.1, 0.15) is 0 Å². The molecular formula is C14H13NOS2. The van der Waals surface area contributed by atoms with Crippen LogP contribution in [0.3, 0.4) is 0 Å². The summed E-state index contributed by atoms with van der Waals surface area (Å²) in [6.45, 7) is 0. The van der Waals surface area contributed by atoms with Gasteiger partial charge in [0.2, 0.25) is 5.91 Å². The molecule has 1 aromatic heterocycles. The number of anilines is 1. The van der Waals surface area contributed by atoms with Crippen molar-refractivity contribution in [3.05, 3.63) is 53.4 Å². The lowest BCUT2D eigenvalue weighted by molar-refractivity contribution is -0.111. The lowest BCUT2D eigenvalue weighted by Crippen LogP contribution is -2.07. The highest BCUT2D eigenvalue weighted by Gasteiger charge is 2.04. The fraction of sp³-hybridized carbons (Fsp3) is 0.0714. The molecule has 1 amide bonds. The SMILES string of the molecule is CSc1sccc1NC(=O)/C=C/c1ccccc1. The largest absolute Gasteiger partial charge is 0.321 e. The van der Waals surface area contributed by atoms with Gasteiger partial charge in [-0.05, 0) is 29.3 Å². The predicted molar refractivity (Wildman–Crippen MR) is 80.2 cm³/mol. The number of carbonyl (C=O) groups excluding carboxylic acids is 1. The molecule has 0 radical (unpaired) electrons. The van der Waals surface area contributed by atoms with Crippen molar-refractivity contribution in [1.82, 2.24) is 0 Å². The maximum absolute atomic E-state index is 11.7. The van der Waals surface area contributed by atoms with Gasteiger partial charge >= 0.3 is 0 Å².